The molecule has 0 aliphatic carbocycles. The van der Waals surface area contributed by atoms with Crippen molar-refractivity contribution in [2.45, 2.75) is 12.6 Å². The molecule has 0 bridgehead atoms. The van der Waals surface area contributed by atoms with E-state index in [0.29, 0.717) is 6.54 Å². The molecule has 17 heavy (non-hydrogen) atoms. The van der Waals surface area contributed by atoms with Gasteiger partial charge in [0, 0.05) is 6.54 Å². The molecule has 94 valence electrons. The quantitative estimate of drug-likeness (QED) is 0.762. The molecular weight excluding hydrogens is 225 g/mol. The molecule has 0 fully saturated rings. The van der Waals surface area contributed by atoms with E-state index in [-0.39, 0.29) is 0 Å². The van der Waals surface area contributed by atoms with Crippen LogP contribution in [-0.4, -0.2) is 32.9 Å². The van der Waals surface area contributed by atoms with E-state index in [1.165, 1.54) is 7.11 Å². The zero-order valence-corrected chi connectivity index (χ0v) is 9.90. The van der Waals surface area contributed by atoms with Crippen LogP contribution in [0.4, 0.5) is 4.39 Å². The summed E-state index contributed by atoms with van der Waals surface area (Å²) in [5.74, 6) is 0.157. The van der Waals surface area contributed by atoms with Crippen LogP contribution in [0.5, 0.6) is 5.75 Å². The Morgan fingerprint density at radius 1 is 1.35 bits per heavy atom. The van der Waals surface area contributed by atoms with E-state index in [9.17, 15) is 9.18 Å². The second kappa shape index (κ2) is 6.85. The third-order valence-corrected chi connectivity index (χ3v) is 2.35. The maximum atomic E-state index is 12.5. The summed E-state index contributed by atoms with van der Waals surface area (Å²) < 4.78 is 22.0. The number of methoxy groups -OCH3 is 2. The first-order valence-corrected chi connectivity index (χ1v) is 5.21. The summed E-state index contributed by atoms with van der Waals surface area (Å²) in [6.07, 6.45) is 0. The summed E-state index contributed by atoms with van der Waals surface area (Å²) >= 11 is 0. The smallest absolute Gasteiger partial charge is 0.325 e. The maximum absolute atomic E-state index is 12.5. The van der Waals surface area contributed by atoms with Crippen LogP contribution < -0.4 is 10.1 Å². The lowest BCUT2D eigenvalue weighted by atomic mass is 10.2. The standard InChI is InChI=1S/C12H16FNO3/c1-16-10-5-3-9(4-6-10)8-14-11(7-13)12(15)17-2/h3-6,11,14H,7-8H2,1-2H3/t11-/m0/s1. The minimum absolute atomic E-state index is 0.397. The third kappa shape index (κ3) is 4.03. The van der Waals surface area contributed by atoms with Crippen molar-refractivity contribution >= 4 is 5.97 Å². The van der Waals surface area contributed by atoms with E-state index in [1.54, 1.807) is 19.2 Å². The van der Waals surface area contributed by atoms with Crippen LogP contribution in [-0.2, 0) is 16.1 Å². The summed E-state index contributed by atoms with van der Waals surface area (Å²) in [6, 6.07) is 6.39. The molecular formula is C12H16FNO3. The highest BCUT2D eigenvalue weighted by Gasteiger charge is 2.17. The number of rotatable bonds is 6. The Hall–Kier alpha value is -1.62. The molecule has 4 nitrogen and oxygen atoms in total. The molecule has 1 aromatic carbocycles. The van der Waals surface area contributed by atoms with Gasteiger partial charge >= 0.3 is 5.97 Å². The SMILES string of the molecule is COC(=O)[C@H](CF)NCc1ccc(OC)cc1. The van der Waals surface area contributed by atoms with Crippen molar-refractivity contribution < 1.29 is 18.7 Å². The van der Waals surface area contributed by atoms with E-state index < -0.39 is 18.7 Å². The van der Waals surface area contributed by atoms with Crippen LogP contribution >= 0.6 is 0 Å². The number of carbonyl (C=O) groups is 1. The van der Waals surface area contributed by atoms with Gasteiger partial charge in [0.25, 0.3) is 0 Å². The number of hydrogen-bond donors (Lipinski definition) is 1. The Morgan fingerprint density at radius 2 is 2.00 bits per heavy atom. The lowest BCUT2D eigenvalue weighted by molar-refractivity contribution is -0.143. The molecule has 1 rings (SSSR count). The third-order valence-electron chi connectivity index (χ3n) is 2.35. The summed E-state index contributed by atoms with van der Waals surface area (Å²) in [4.78, 5) is 11.1. The van der Waals surface area contributed by atoms with Crippen molar-refractivity contribution in [2.75, 3.05) is 20.9 Å². The number of benzene rings is 1. The fraction of sp³-hybridized carbons (Fsp3) is 0.417. The zero-order chi connectivity index (χ0) is 12.7. The van der Waals surface area contributed by atoms with Crippen molar-refractivity contribution in [3.8, 4) is 5.75 Å². The average molecular weight is 241 g/mol. The first kappa shape index (κ1) is 13.4. The van der Waals surface area contributed by atoms with Gasteiger partial charge in [0.15, 0.2) is 0 Å². The Labute approximate surface area is 99.7 Å². The van der Waals surface area contributed by atoms with Gasteiger partial charge in [0.1, 0.15) is 18.5 Å². The fourth-order valence-electron chi connectivity index (χ4n) is 1.33. The largest absolute Gasteiger partial charge is 0.497 e. The molecule has 0 heterocycles. The molecule has 0 unspecified atom stereocenters. The predicted molar refractivity (Wildman–Crippen MR) is 61.6 cm³/mol. The summed E-state index contributed by atoms with van der Waals surface area (Å²) in [5.41, 5.74) is 0.938. The van der Waals surface area contributed by atoms with Gasteiger partial charge < -0.3 is 9.47 Å². The lowest BCUT2D eigenvalue weighted by Crippen LogP contribution is -2.38. The first-order chi connectivity index (χ1) is 8.21. The Morgan fingerprint density at radius 3 is 2.47 bits per heavy atom. The molecule has 0 saturated heterocycles. The first-order valence-electron chi connectivity index (χ1n) is 5.21. The number of nitrogens with one attached hydrogen (secondary N) is 1. The van der Waals surface area contributed by atoms with Gasteiger partial charge in [-0.2, -0.15) is 0 Å². The molecule has 0 saturated carbocycles. The van der Waals surface area contributed by atoms with Crippen molar-refractivity contribution in [1.82, 2.24) is 5.32 Å². The Balaban J connectivity index is 2.50. The maximum Gasteiger partial charge on any atom is 0.325 e. The highest BCUT2D eigenvalue weighted by atomic mass is 19.1. The van der Waals surface area contributed by atoms with Crippen molar-refractivity contribution in [2.24, 2.45) is 0 Å². The van der Waals surface area contributed by atoms with Crippen LogP contribution in [0.3, 0.4) is 0 Å². The van der Waals surface area contributed by atoms with Crippen LogP contribution in [0.25, 0.3) is 0 Å². The lowest BCUT2D eigenvalue weighted by Gasteiger charge is -2.12. The van der Waals surface area contributed by atoms with E-state index in [4.69, 9.17) is 4.74 Å². The number of ether oxygens (including phenoxy) is 2. The minimum Gasteiger partial charge on any atom is -0.497 e. The fourth-order valence-corrected chi connectivity index (χ4v) is 1.33. The highest BCUT2D eigenvalue weighted by molar-refractivity contribution is 5.75. The number of hydrogen-bond acceptors (Lipinski definition) is 4. The van der Waals surface area contributed by atoms with Gasteiger partial charge in [0.2, 0.25) is 0 Å². The van der Waals surface area contributed by atoms with E-state index in [2.05, 4.69) is 10.1 Å². The van der Waals surface area contributed by atoms with Gasteiger partial charge in [-0.3, -0.25) is 10.1 Å². The Kier molecular flexibility index (Phi) is 5.42. The van der Waals surface area contributed by atoms with E-state index >= 15 is 0 Å². The Bertz CT molecular complexity index is 353. The number of halogens is 1. The van der Waals surface area contributed by atoms with Crippen molar-refractivity contribution in [1.29, 1.82) is 0 Å². The van der Waals surface area contributed by atoms with Crippen molar-refractivity contribution in [3.63, 3.8) is 0 Å². The summed E-state index contributed by atoms with van der Waals surface area (Å²) in [7, 11) is 2.82. The van der Waals surface area contributed by atoms with E-state index in [0.717, 1.165) is 11.3 Å². The molecule has 0 amide bonds. The molecule has 1 aromatic rings. The molecule has 0 aromatic heterocycles. The predicted octanol–water partition coefficient (Wildman–Crippen LogP) is 1.30. The van der Waals surface area contributed by atoms with Gasteiger partial charge in [-0.15, -0.1) is 0 Å². The molecule has 1 N–H and O–H groups in total. The molecule has 1 atom stereocenters. The molecule has 0 radical (unpaired) electrons. The summed E-state index contributed by atoms with van der Waals surface area (Å²) in [6.45, 7) is -0.392. The minimum atomic E-state index is -0.915. The second-order valence-electron chi connectivity index (χ2n) is 3.46. The molecule has 0 spiro atoms. The van der Waals surface area contributed by atoms with Gasteiger partial charge in [-0.1, -0.05) is 12.1 Å². The van der Waals surface area contributed by atoms with Crippen LogP contribution in [0.15, 0.2) is 24.3 Å². The molecule has 5 heteroatoms. The van der Waals surface area contributed by atoms with Crippen LogP contribution in [0.2, 0.25) is 0 Å². The van der Waals surface area contributed by atoms with Gasteiger partial charge in [0.05, 0.1) is 14.2 Å². The average Bonchev–Trinajstić information content (AvgIpc) is 2.39. The highest BCUT2D eigenvalue weighted by Crippen LogP contribution is 2.11. The molecule has 0 aliphatic heterocycles. The number of carbonyl (C=O) groups excluding carboxylic acids is 1. The van der Waals surface area contributed by atoms with E-state index in [1.807, 2.05) is 12.1 Å². The second-order valence-corrected chi connectivity index (χ2v) is 3.46. The van der Waals surface area contributed by atoms with Crippen LogP contribution in [0.1, 0.15) is 5.56 Å². The monoisotopic (exact) mass is 241 g/mol. The van der Waals surface area contributed by atoms with Crippen molar-refractivity contribution in [3.05, 3.63) is 29.8 Å². The number of alkyl halides is 1. The van der Waals surface area contributed by atoms with Gasteiger partial charge in [-0.05, 0) is 17.7 Å². The molecule has 0 aliphatic rings. The number of esters is 1. The normalized spacial score (nSPS) is 11.9. The summed E-state index contributed by atoms with van der Waals surface area (Å²) in [5, 5.41) is 2.78. The topological polar surface area (TPSA) is 47.6 Å². The van der Waals surface area contributed by atoms with Gasteiger partial charge in [-0.25, -0.2) is 4.39 Å². The zero-order valence-electron chi connectivity index (χ0n) is 9.90. The van der Waals surface area contributed by atoms with Crippen LogP contribution in [0, 0.1) is 0 Å².